The summed E-state index contributed by atoms with van der Waals surface area (Å²) in [5.74, 6) is -0.790. The van der Waals surface area contributed by atoms with Gasteiger partial charge in [-0.15, -0.1) is 0 Å². The lowest BCUT2D eigenvalue weighted by atomic mass is 9.88. The third kappa shape index (κ3) is 3.92. The van der Waals surface area contributed by atoms with Crippen LogP contribution in [-0.4, -0.2) is 21.4 Å². The Hall–Kier alpha value is -3.48. The summed E-state index contributed by atoms with van der Waals surface area (Å²) in [4.78, 5) is 28.4. The molecule has 0 saturated heterocycles. The van der Waals surface area contributed by atoms with E-state index in [0.29, 0.717) is 23.4 Å². The number of carbonyl (C=O) groups excluding carboxylic acids is 2. The Balaban J connectivity index is 1.48. The molecule has 5 rings (SSSR count). The van der Waals surface area contributed by atoms with Crippen molar-refractivity contribution in [2.45, 2.75) is 18.6 Å². The van der Waals surface area contributed by atoms with E-state index < -0.39 is 11.5 Å². The van der Waals surface area contributed by atoms with E-state index >= 15 is 0 Å². The minimum Gasteiger partial charge on any atom is -0.375 e. The molecule has 33 heavy (non-hydrogen) atoms. The highest BCUT2D eigenvalue weighted by molar-refractivity contribution is 9.10. The highest BCUT2D eigenvalue weighted by atomic mass is 79.9. The first-order valence-corrected chi connectivity index (χ1v) is 11.4. The van der Waals surface area contributed by atoms with Crippen molar-refractivity contribution in [3.63, 3.8) is 0 Å². The van der Waals surface area contributed by atoms with Gasteiger partial charge in [-0.05, 0) is 48.0 Å². The molecule has 1 atom stereocenters. The number of ketones is 1. The fourth-order valence-corrected chi connectivity index (χ4v) is 4.66. The largest absolute Gasteiger partial charge is 0.375 e. The van der Waals surface area contributed by atoms with E-state index in [4.69, 9.17) is 0 Å². The van der Waals surface area contributed by atoms with Crippen LogP contribution < -0.4 is 4.90 Å². The predicted octanol–water partition coefficient (Wildman–Crippen LogP) is 5.25. The Morgan fingerprint density at radius 2 is 1.67 bits per heavy atom. The number of amides is 1. The lowest BCUT2D eigenvalue weighted by molar-refractivity contribution is -0.136. The number of halogens is 1. The Morgan fingerprint density at radius 1 is 0.909 bits per heavy atom. The summed E-state index contributed by atoms with van der Waals surface area (Å²) >= 11 is 3.44. The monoisotopic (exact) mass is 500 g/mol. The van der Waals surface area contributed by atoms with Crippen molar-refractivity contribution in [2.24, 2.45) is 0 Å². The van der Waals surface area contributed by atoms with Crippen molar-refractivity contribution in [3.8, 4) is 5.69 Å². The quantitative estimate of drug-likeness (QED) is 0.368. The summed E-state index contributed by atoms with van der Waals surface area (Å²) in [5, 5.41) is 11.6. The number of fused-ring (bicyclic) bond motifs is 1. The van der Waals surface area contributed by atoms with Crippen LogP contribution in [0.15, 0.2) is 102 Å². The maximum Gasteiger partial charge on any atom is 0.264 e. The second-order valence-corrected chi connectivity index (χ2v) is 9.05. The average molecular weight is 501 g/mol. The molecule has 6 heteroatoms. The second kappa shape index (κ2) is 8.46. The van der Waals surface area contributed by atoms with Gasteiger partial charge in [-0.3, -0.25) is 9.59 Å². The predicted molar refractivity (Wildman–Crippen MR) is 130 cm³/mol. The van der Waals surface area contributed by atoms with Gasteiger partial charge in [0, 0.05) is 33.7 Å². The molecule has 0 aliphatic carbocycles. The van der Waals surface area contributed by atoms with Crippen LogP contribution in [0.1, 0.15) is 27.9 Å². The van der Waals surface area contributed by atoms with Crippen molar-refractivity contribution >= 4 is 33.3 Å². The number of anilines is 1. The first kappa shape index (κ1) is 21.4. The number of hydrogen-bond donors (Lipinski definition) is 1. The molecule has 0 saturated carbocycles. The summed E-state index contributed by atoms with van der Waals surface area (Å²) in [6.45, 7) is 0.313. The third-order valence-electron chi connectivity index (χ3n) is 5.96. The van der Waals surface area contributed by atoms with Crippen molar-refractivity contribution in [1.29, 1.82) is 0 Å². The Labute approximate surface area is 200 Å². The highest BCUT2D eigenvalue weighted by Crippen LogP contribution is 2.44. The van der Waals surface area contributed by atoms with E-state index in [1.165, 1.54) is 0 Å². The van der Waals surface area contributed by atoms with Crippen LogP contribution >= 0.6 is 15.9 Å². The lowest BCUT2D eigenvalue weighted by Gasteiger charge is -2.23. The summed E-state index contributed by atoms with van der Waals surface area (Å²) in [5.41, 5.74) is 1.34. The van der Waals surface area contributed by atoms with Gasteiger partial charge in [0.2, 0.25) is 0 Å². The Bertz CT molecular complexity index is 1330. The fourth-order valence-electron chi connectivity index (χ4n) is 4.30. The van der Waals surface area contributed by atoms with E-state index in [0.717, 1.165) is 15.7 Å². The molecular weight excluding hydrogens is 480 g/mol. The summed E-state index contributed by atoms with van der Waals surface area (Å²) in [6.07, 6.45) is 3.45. The van der Waals surface area contributed by atoms with E-state index in [1.54, 1.807) is 35.2 Å². The normalized spacial score (nSPS) is 17.3. The number of Topliss-reactive ketones (excluding diaryl/α,β-unsaturated/α-hetero) is 1. The molecule has 1 aliphatic rings. The number of hydrogen-bond acceptors (Lipinski definition) is 3. The van der Waals surface area contributed by atoms with Gasteiger partial charge in [0.1, 0.15) is 0 Å². The molecule has 3 aromatic carbocycles. The number of carbonyl (C=O) groups is 2. The summed E-state index contributed by atoms with van der Waals surface area (Å²) in [6, 6.07) is 26.0. The van der Waals surface area contributed by atoms with Gasteiger partial charge in [-0.25, -0.2) is 0 Å². The van der Waals surface area contributed by atoms with E-state index in [1.807, 2.05) is 71.6 Å². The number of rotatable bonds is 6. The highest BCUT2D eigenvalue weighted by Gasteiger charge is 2.51. The molecule has 0 fully saturated rings. The zero-order valence-corrected chi connectivity index (χ0v) is 19.3. The number of aliphatic hydroxyl groups is 1. The van der Waals surface area contributed by atoms with Crippen LogP contribution in [0.2, 0.25) is 0 Å². The summed E-state index contributed by atoms with van der Waals surface area (Å²) in [7, 11) is 0. The smallest absolute Gasteiger partial charge is 0.264 e. The van der Waals surface area contributed by atoms with Crippen LogP contribution in [0.25, 0.3) is 5.69 Å². The zero-order valence-electron chi connectivity index (χ0n) is 17.7. The molecule has 0 unspecified atom stereocenters. The minimum atomic E-state index is -1.94. The van der Waals surface area contributed by atoms with Gasteiger partial charge < -0.3 is 14.6 Å². The van der Waals surface area contributed by atoms with Gasteiger partial charge in [-0.2, -0.15) is 0 Å². The molecule has 5 nitrogen and oxygen atoms in total. The van der Waals surface area contributed by atoms with Crippen molar-refractivity contribution in [2.75, 3.05) is 4.90 Å². The number of aromatic nitrogens is 1. The van der Waals surface area contributed by atoms with E-state index in [9.17, 15) is 14.7 Å². The van der Waals surface area contributed by atoms with E-state index in [2.05, 4.69) is 15.9 Å². The molecule has 1 aliphatic heterocycles. The first-order chi connectivity index (χ1) is 16.0. The van der Waals surface area contributed by atoms with Crippen LogP contribution in [-0.2, 0) is 16.9 Å². The lowest BCUT2D eigenvalue weighted by Crippen LogP contribution is -2.41. The Kier molecular flexibility index (Phi) is 5.48. The van der Waals surface area contributed by atoms with Gasteiger partial charge in [-0.1, -0.05) is 58.4 Å². The zero-order chi connectivity index (χ0) is 23.0. The SMILES string of the molecule is O=C(C[C@]1(O)C(=O)N(Cc2ccccc2)c2ccc(Br)cc21)c1cccc(-n2cccc2)c1. The van der Waals surface area contributed by atoms with Gasteiger partial charge in [0.05, 0.1) is 18.7 Å². The van der Waals surface area contributed by atoms with Gasteiger partial charge in [0.25, 0.3) is 5.91 Å². The molecule has 0 radical (unpaired) electrons. The molecule has 164 valence electrons. The molecule has 1 amide bonds. The molecule has 0 bridgehead atoms. The number of nitrogens with zero attached hydrogens (tertiary/aromatic N) is 2. The molecule has 2 heterocycles. The summed E-state index contributed by atoms with van der Waals surface area (Å²) < 4.78 is 2.64. The number of benzene rings is 3. The second-order valence-electron chi connectivity index (χ2n) is 8.14. The molecular formula is C27H21BrN2O3. The fraction of sp³-hybridized carbons (Fsp3) is 0.111. The molecule has 0 spiro atoms. The van der Waals surface area contributed by atoms with Crippen LogP contribution in [0.5, 0.6) is 0 Å². The average Bonchev–Trinajstić information content (AvgIpc) is 3.43. The Morgan fingerprint density at radius 3 is 2.42 bits per heavy atom. The molecule has 1 N–H and O–H groups in total. The third-order valence-corrected chi connectivity index (χ3v) is 6.46. The maximum atomic E-state index is 13.5. The van der Waals surface area contributed by atoms with Crippen molar-refractivity contribution in [1.82, 2.24) is 4.57 Å². The van der Waals surface area contributed by atoms with E-state index in [-0.39, 0.29) is 12.2 Å². The first-order valence-electron chi connectivity index (χ1n) is 10.6. The maximum absolute atomic E-state index is 13.5. The standard InChI is InChI=1S/C27H21BrN2O3/c28-21-11-12-24-23(16-21)27(33,26(32)30(24)18-19-7-2-1-3-8-19)17-25(31)20-9-6-10-22(15-20)29-13-4-5-14-29/h1-16,33H,17-18H2/t27-/m1/s1. The minimum absolute atomic E-state index is 0.299. The molecule has 1 aromatic heterocycles. The molecule has 4 aromatic rings. The van der Waals surface area contributed by atoms with Crippen molar-refractivity contribution in [3.05, 3.63) is 118 Å². The van der Waals surface area contributed by atoms with Gasteiger partial charge >= 0.3 is 0 Å². The van der Waals surface area contributed by atoms with Crippen molar-refractivity contribution < 1.29 is 14.7 Å². The topological polar surface area (TPSA) is 62.5 Å². The van der Waals surface area contributed by atoms with Crippen LogP contribution in [0.4, 0.5) is 5.69 Å². The van der Waals surface area contributed by atoms with Gasteiger partial charge in [0.15, 0.2) is 11.4 Å². The van der Waals surface area contributed by atoms with Crippen LogP contribution in [0, 0.1) is 0 Å². The van der Waals surface area contributed by atoms with Crippen LogP contribution in [0.3, 0.4) is 0 Å².